The molecule has 0 amide bonds. The van der Waals surface area contributed by atoms with E-state index in [1.807, 2.05) is 0 Å². The quantitative estimate of drug-likeness (QED) is 0.374. The number of benzene rings is 3. The molecule has 0 N–H and O–H groups in total. The van der Waals surface area contributed by atoms with Crippen molar-refractivity contribution in [3.63, 3.8) is 0 Å². The zero-order valence-electron chi connectivity index (χ0n) is 13.0. The topological polar surface area (TPSA) is 38.7 Å². The number of fused-ring (bicyclic) bond motifs is 4. The Balaban J connectivity index is 1.99. The van der Waals surface area contributed by atoms with Gasteiger partial charge in [0.05, 0.1) is 5.71 Å². The van der Waals surface area contributed by atoms with Crippen LogP contribution in [-0.4, -0.2) is 11.7 Å². The largest absolute Gasteiger partial charge is 0.331 e. The summed E-state index contributed by atoms with van der Waals surface area (Å²) in [6.45, 7) is 1.38. The molecule has 0 bridgehead atoms. The molecule has 0 atom stereocenters. The number of oxime groups is 1. The lowest BCUT2D eigenvalue weighted by Crippen LogP contribution is -2.13. The fourth-order valence-corrected chi connectivity index (χ4v) is 3.39. The van der Waals surface area contributed by atoms with Crippen molar-refractivity contribution in [2.75, 3.05) is 0 Å². The number of carbonyl (C=O) groups excluding carboxylic acids is 1. The summed E-state index contributed by atoms with van der Waals surface area (Å²) in [6.07, 6.45) is 2.91. The maximum absolute atomic E-state index is 11.1. The van der Waals surface area contributed by atoms with Gasteiger partial charge in [-0.2, -0.15) is 0 Å². The van der Waals surface area contributed by atoms with Gasteiger partial charge in [0, 0.05) is 12.5 Å². The average molecular weight is 303 g/mol. The molecule has 3 nitrogen and oxygen atoms in total. The van der Waals surface area contributed by atoms with Crippen molar-refractivity contribution in [3.05, 3.63) is 59.7 Å². The van der Waals surface area contributed by atoms with Crippen molar-refractivity contribution < 1.29 is 9.63 Å². The van der Waals surface area contributed by atoms with E-state index in [4.69, 9.17) is 4.84 Å². The molecule has 1 aliphatic carbocycles. The molecule has 0 radical (unpaired) electrons. The van der Waals surface area contributed by atoms with Crippen LogP contribution in [0.25, 0.3) is 21.5 Å². The smallest absolute Gasteiger partial charge is 0.318 e. The molecular weight excluding hydrogens is 286 g/mol. The summed E-state index contributed by atoms with van der Waals surface area (Å²) in [5.41, 5.74) is 3.30. The Hall–Kier alpha value is -2.68. The summed E-state index contributed by atoms with van der Waals surface area (Å²) in [5, 5.41) is 8.95. The van der Waals surface area contributed by atoms with Crippen molar-refractivity contribution in [3.8, 4) is 0 Å². The predicted octanol–water partition coefficient (Wildman–Crippen LogP) is 4.60. The highest BCUT2D eigenvalue weighted by Crippen LogP contribution is 2.32. The van der Waals surface area contributed by atoms with Gasteiger partial charge < -0.3 is 4.84 Å². The van der Waals surface area contributed by atoms with Gasteiger partial charge in [-0.1, -0.05) is 41.6 Å². The van der Waals surface area contributed by atoms with Crippen molar-refractivity contribution in [1.82, 2.24) is 0 Å². The molecule has 1 aliphatic rings. The van der Waals surface area contributed by atoms with Gasteiger partial charge in [0.15, 0.2) is 0 Å². The molecule has 0 saturated heterocycles. The SMILES string of the molecule is CC(=O)ON=C1CCCc2ccc3cc4ccccc4cc3c21. The van der Waals surface area contributed by atoms with E-state index in [0.717, 1.165) is 30.5 Å². The van der Waals surface area contributed by atoms with E-state index >= 15 is 0 Å². The summed E-state index contributed by atoms with van der Waals surface area (Å²) in [7, 11) is 0. The van der Waals surface area contributed by atoms with Gasteiger partial charge in [-0.3, -0.25) is 0 Å². The van der Waals surface area contributed by atoms with E-state index < -0.39 is 0 Å². The molecule has 0 saturated carbocycles. The minimum absolute atomic E-state index is 0.379. The number of rotatable bonds is 1. The molecule has 114 valence electrons. The van der Waals surface area contributed by atoms with Crippen molar-refractivity contribution >= 4 is 33.2 Å². The van der Waals surface area contributed by atoms with Gasteiger partial charge in [0.25, 0.3) is 0 Å². The lowest BCUT2D eigenvalue weighted by Gasteiger charge is -2.20. The minimum Gasteiger partial charge on any atom is -0.318 e. The first kappa shape index (κ1) is 13.9. The second kappa shape index (κ2) is 5.51. The number of carbonyl (C=O) groups is 1. The average Bonchev–Trinajstić information content (AvgIpc) is 2.57. The first-order valence-corrected chi connectivity index (χ1v) is 7.91. The molecule has 0 aliphatic heterocycles. The fraction of sp³-hybridized carbons (Fsp3) is 0.200. The Morgan fingerprint density at radius 3 is 2.57 bits per heavy atom. The molecule has 23 heavy (non-hydrogen) atoms. The zero-order chi connectivity index (χ0) is 15.8. The number of hydrogen-bond donors (Lipinski definition) is 0. The maximum atomic E-state index is 11.1. The summed E-state index contributed by atoms with van der Waals surface area (Å²) in [5.74, 6) is -0.379. The van der Waals surface area contributed by atoms with Crippen LogP contribution in [0.5, 0.6) is 0 Å². The van der Waals surface area contributed by atoms with Gasteiger partial charge in [-0.05, 0) is 58.5 Å². The minimum atomic E-state index is -0.379. The Labute approximate surface area is 134 Å². The Kier molecular flexibility index (Phi) is 3.34. The molecule has 0 fully saturated rings. The van der Waals surface area contributed by atoms with E-state index in [1.165, 1.54) is 34.0 Å². The second-order valence-corrected chi connectivity index (χ2v) is 5.99. The van der Waals surface area contributed by atoms with E-state index in [1.54, 1.807) is 0 Å². The third-order valence-corrected chi connectivity index (χ3v) is 4.41. The van der Waals surface area contributed by atoms with E-state index in [-0.39, 0.29) is 5.97 Å². The first-order valence-electron chi connectivity index (χ1n) is 7.91. The molecule has 3 aromatic carbocycles. The van der Waals surface area contributed by atoms with Crippen LogP contribution < -0.4 is 0 Å². The van der Waals surface area contributed by atoms with Crippen molar-refractivity contribution in [1.29, 1.82) is 0 Å². The zero-order valence-corrected chi connectivity index (χ0v) is 13.0. The number of hydrogen-bond acceptors (Lipinski definition) is 3. The predicted molar refractivity (Wildman–Crippen MR) is 92.7 cm³/mol. The Bertz CT molecular complexity index is 956. The second-order valence-electron chi connectivity index (χ2n) is 5.99. The summed E-state index contributed by atoms with van der Waals surface area (Å²) in [4.78, 5) is 16.0. The molecule has 0 unspecified atom stereocenters. The highest BCUT2D eigenvalue weighted by atomic mass is 16.7. The molecule has 0 spiro atoms. The summed E-state index contributed by atoms with van der Waals surface area (Å²) < 4.78 is 0. The summed E-state index contributed by atoms with van der Waals surface area (Å²) >= 11 is 0. The third kappa shape index (κ3) is 2.48. The molecule has 3 heteroatoms. The lowest BCUT2D eigenvalue weighted by atomic mass is 9.85. The molecule has 0 heterocycles. The van der Waals surface area contributed by atoms with Gasteiger partial charge in [-0.15, -0.1) is 0 Å². The van der Waals surface area contributed by atoms with E-state index in [9.17, 15) is 4.79 Å². The molecule has 0 aromatic heterocycles. The van der Waals surface area contributed by atoms with Gasteiger partial charge in [0.1, 0.15) is 0 Å². The van der Waals surface area contributed by atoms with Crippen LogP contribution in [0.3, 0.4) is 0 Å². The van der Waals surface area contributed by atoms with E-state index in [0.29, 0.717) is 0 Å². The van der Waals surface area contributed by atoms with E-state index in [2.05, 4.69) is 53.7 Å². The Morgan fingerprint density at radius 2 is 1.78 bits per heavy atom. The number of nitrogens with zero attached hydrogens (tertiary/aromatic N) is 1. The van der Waals surface area contributed by atoms with Crippen molar-refractivity contribution in [2.45, 2.75) is 26.2 Å². The fourth-order valence-electron chi connectivity index (χ4n) is 3.39. The molecule has 4 rings (SSSR count). The van der Waals surface area contributed by atoms with Gasteiger partial charge in [-0.25, -0.2) is 4.79 Å². The van der Waals surface area contributed by atoms with Crippen LogP contribution >= 0.6 is 0 Å². The maximum Gasteiger partial charge on any atom is 0.331 e. The van der Waals surface area contributed by atoms with Crippen molar-refractivity contribution in [2.24, 2.45) is 5.16 Å². The lowest BCUT2D eigenvalue weighted by molar-refractivity contribution is -0.140. The van der Waals surface area contributed by atoms with Crippen LogP contribution in [0.2, 0.25) is 0 Å². The monoisotopic (exact) mass is 303 g/mol. The summed E-state index contributed by atoms with van der Waals surface area (Å²) in [6, 6.07) is 17.1. The van der Waals surface area contributed by atoms with Crippen LogP contribution in [-0.2, 0) is 16.1 Å². The highest BCUT2D eigenvalue weighted by molar-refractivity contribution is 6.15. The molecule has 3 aromatic rings. The standard InChI is InChI=1S/C20H17NO2/c1-13(22)23-21-19-8-4-7-14-9-10-17-11-15-5-2-3-6-16(15)12-18(17)20(14)19/h2-3,5-6,9-12H,4,7-8H2,1H3. The van der Waals surface area contributed by atoms with Crippen LogP contribution in [0.15, 0.2) is 53.7 Å². The van der Waals surface area contributed by atoms with Crippen LogP contribution in [0.1, 0.15) is 30.9 Å². The van der Waals surface area contributed by atoms with Gasteiger partial charge in [0.2, 0.25) is 0 Å². The normalized spacial score (nSPS) is 15.8. The van der Waals surface area contributed by atoms with Crippen LogP contribution in [0.4, 0.5) is 0 Å². The first-order chi connectivity index (χ1) is 11.2. The third-order valence-electron chi connectivity index (χ3n) is 4.41. The number of aryl methyl sites for hydroxylation is 1. The highest BCUT2D eigenvalue weighted by Gasteiger charge is 2.19. The van der Waals surface area contributed by atoms with Gasteiger partial charge >= 0.3 is 5.97 Å². The molecular formula is C20H17NO2. The van der Waals surface area contributed by atoms with Crippen LogP contribution in [0, 0.1) is 0 Å². The Morgan fingerprint density at radius 1 is 1.00 bits per heavy atom.